The first-order valence-corrected chi connectivity index (χ1v) is 7.45. The van der Waals surface area contributed by atoms with Gasteiger partial charge in [0.25, 0.3) is 0 Å². The van der Waals surface area contributed by atoms with Gasteiger partial charge in [-0.2, -0.15) is 0 Å². The Bertz CT molecular complexity index is 664. The van der Waals surface area contributed by atoms with E-state index in [1.54, 1.807) is 12.1 Å². The van der Waals surface area contributed by atoms with Crippen molar-refractivity contribution in [2.45, 2.75) is 19.4 Å². The van der Waals surface area contributed by atoms with E-state index in [1.165, 1.54) is 12.1 Å². The molecule has 0 saturated heterocycles. The van der Waals surface area contributed by atoms with Gasteiger partial charge in [-0.3, -0.25) is 11.3 Å². The van der Waals surface area contributed by atoms with Crippen molar-refractivity contribution in [3.05, 3.63) is 68.2 Å². The smallest absolute Gasteiger partial charge is 0.143 e. The third-order valence-corrected chi connectivity index (χ3v) is 4.37. The molecule has 0 spiro atoms. The summed E-state index contributed by atoms with van der Waals surface area (Å²) in [6.45, 7) is 1.86. The molecule has 0 aromatic heterocycles. The van der Waals surface area contributed by atoms with Gasteiger partial charge in [0.05, 0.1) is 10.5 Å². The van der Waals surface area contributed by atoms with Crippen molar-refractivity contribution in [3.8, 4) is 0 Å². The fourth-order valence-corrected chi connectivity index (χ4v) is 2.61. The zero-order chi connectivity index (χ0) is 15.6. The van der Waals surface area contributed by atoms with Crippen LogP contribution < -0.4 is 11.3 Å². The predicted molar refractivity (Wildman–Crippen MR) is 84.0 cm³/mol. The second-order valence-corrected chi connectivity index (χ2v) is 6.02. The number of halogens is 4. The van der Waals surface area contributed by atoms with Crippen LogP contribution >= 0.6 is 27.5 Å². The Kier molecular flexibility index (Phi) is 5.32. The van der Waals surface area contributed by atoms with Crippen molar-refractivity contribution in [2.24, 2.45) is 5.84 Å². The minimum Gasteiger partial charge on any atom is -0.271 e. The second-order valence-electron chi connectivity index (χ2n) is 4.75. The van der Waals surface area contributed by atoms with Crippen molar-refractivity contribution < 1.29 is 8.78 Å². The Morgan fingerprint density at radius 1 is 1.29 bits per heavy atom. The molecule has 2 nitrogen and oxygen atoms in total. The van der Waals surface area contributed by atoms with E-state index in [4.69, 9.17) is 17.4 Å². The minimum absolute atomic E-state index is 0.0140. The summed E-state index contributed by atoms with van der Waals surface area (Å²) < 4.78 is 28.1. The molecule has 0 heterocycles. The molecule has 2 aromatic rings. The summed E-state index contributed by atoms with van der Waals surface area (Å²) >= 11 is 9.04. The van der Waals surface area contributed by atoms with Gasteiger partial charge >= 0.3 is 0 Å². The number of hydrogen-bond acceptors (Lipinski definition) is 2. The average molecular weight is 376 g/mol. The largest absolute Gasteiger partial charge is 0.271 e. The van der Waals surface area contributed by atoms with E-state index in [2.05, 4.69) is 21.4 Å². The average Bonchev–Trinajstić information content (AvgIpc) is 2.47. The number of nitrogens with one attached hydrogen (secondary N) is 1. The summed E-state index contributed by atoms with van der Waals surface area (Å²) in [5.41, 5.74) is 4.28. The van der Waals surface area contributed by atoms with Crippen molar-refractivity contribution in [1.29, 1.82) is 0 Å². The summed E-state index contributed by atoms with van der Waals surface area (Å²) in [5, 5.41) is 0.634. The Morgan fingerprint density at radius 2 is 2.00 bits per heavy atom. The van der Waals surface area contributed by atoms with Crippen molar-refractivity contribution >= 4 is 27.5 Å². The lowest BCUT2D eigenvalue weighted by atomic mass is 9.97. The molecule has 1 atom stereocenters. The normalized spacial score (nSPS) is 12.5. The topological polar surface area (TPSA) is 38.0 Å². The van der Waals surface area contributed by atoms with Gasteiger partial charge in [0.2, 0.25) is 0 Å². The van der Waals surface area contributed by atoms with Crippen LogP contribution in [0.15, 0.2) is 34.8 Å². The number of hydrazine groups is 1. The lowest BCUT2D eigenvalue weighted by Crippen LogP contribution is -2.30. The lowest BCUT2D eigenvalue weighted by Gasteiger charge is -2.18. The lowest BCUT2D eigenvalue weighted by molar-refractivity contribution is 0.498. The van der Waals surface area contributed by atoms with Gasteiger partial charge in [0, 0.05) is 10.6 Å². The quantitative estimate of drug-likeness (QED) is 0.471. The standard InChI is InChI=1S/C15H14BrClF2N2/c1-8-6-9(2-4-12(8)17)14(21-20)7-10-13(18)5-3-11(16)15(10)19/h2-6,14,21H,7,20H2,1H3. The highest BCUT2D eigenvalue weighted by atomic mass is 79.9. The van der Waals surface area contributed by atoms with Crippen LogP contribution in [0.4, 0.5) is 8.78 Å². The third-order valence-electron chi connectivity index (χ3n) is 3.33. The summed E-state index contributed by atoms with van der Waals surface area (Å²) in [4.78, 5) is 0. The van der Waals surface area contributed by atoms with Gasteiger partial charge in [0.1, 0.15) is 11.6 Å². The Morgan fingerprint density at radius 3 is 2.62 bits per heavy atom. The second kappa shape index (κ2) is 6.83. The van der Waals surface area contributed by atoms with Crippen LogP contribution in [-0.4, -0.2) is 0 Å². The molecule has 21 heavy (non-hydrogen) atoms. The molecular formula is C15H14BrClF2N2. The zero-order valence-corrected chi connectivity index (χ0v) is 13.6. The molecule has 0 aliphatic heterocycles. The third kappa shape index (κ3) is 3.61. The van der Waals surface area contributed by atoms with Crippen LogP contribution in [0.5, 0.6) is 0 Å². The van der Waals surface area contributed by atoms with Crippen LogP contribution in [0.25, 0.3) is 0 Å². The SMILES string of the molecule is Cc1cc(C(Cc2c(F)ccc(Br)c2F)NN)ccc1Cl. The summed E-state index contributed by atoms with van der Waals surface area (Å²) in [5.74, 6) is 4.33. The van der Waals surface area contributed by atoms with E-state index in [0.29, 0.717) is 5.02 Å². The fraction of sp³-hybridized carbons (Fsp3) is 0.200. The molecule has 1 unspecified atom stereocenters. The van der Waals surface area contributed by atoms with Gasteiger partial charge in [-0.05, 0) is 58.6 Å². The minimum atomic E-state index is -0.610. The molecule has 0 aliphatic rings. The van der Waals surface area contributed by atoms with E-state index >= 15 is 0 Å². The Labute approximate surface area is 135 Å². The van der Waals surface area contributed by atoms with Gasteiger partial charge < -0.3 is 0 Å². The van der Waals surface area contributed by atoms with Crippen LogP contribution in [0.3, 0.4) is 0 Å². The molecule has 2 aromatic carbocycles. The van der Waals surface area contributed by atoms with Crippen molar-refractivity contribution in [3.63, 3.8) is 0 Å². The van der Waals surface area contributed by atoms with Gasteiger partial charge in [-0.15, -0.1) is 0 Å². The Hall–Kier alpha value is -1.01. The van der Waals surface area contributed by atoms with E-state index in [1.807, 2.05) is 13.0 Å². The number of aryl methyl sites for hydroxylation is 1. The number of rotatable bonds is 4. The van der Waals surface area contributed by atoms with Crippen LogP contribution in [0, 0.1) is 18.6 Å². The molecule has 0 radical (unpaired) electrons. The van der Waals surface area contributed by atoms with Gasteiger partial charge in [-0.1, -0.05) is 23.7 Å². The van der Waals surface area contributed by atoms with Crippen molar-refractivity contribution in [2.75, 3.05) is 0 Å². The van der Waals surface area contributed by atoms with Gasteiger partial charge in [-0.25, -0.2) is 8.78 Å². The molecule has 0 saturated carbocycles. The molecule has 2 rings (SSSR count). The number of hydrogen-bond donors (Lipinski definition) is 2. The molecular weight excluding hydrogens is 362 g/mol. The molecule has 0 bridgehead atoms. The Balaban J connectivity index is 2.35. The van der Waals surface area contributed by atoms with Crippen LogP contribution in [-0.2, 0) is 6.42 Å². The molecule has 0 amide bonds. The van der Waals surface area contributed by atoms with E-state index in [-0.39, 0.29) is 16.5 Å². The highest BCUT2D eigenvalue weighted by Gasteiger charge is 2.19. The maximum atomic E-state index is 14.0. The number of nitrogens with two attached hydrogens (primary N) is 1. The highest BCUT2D eigenvalue weighted by molar-refractivity contribution is 9.10. The van der Waals surface area contributed by atoms with E-state index in [0.717, 1.165) is 11.1 Å². The first-order chi connectivity index (χ1) is 9.93. The van der Waals surface area contributed by atoms with Crippen molar-refractivity contribution in [1.82, 2.24) is 5.43 Å². The first kappa shape index (κ1) is 16.4. The summed E-state index contributed by atoms with van der Waals surface area (Å²) in [6, 6.07) is 7.52. The predicted octanol–water partition coefficient (Wildman–Crippen LogP) is 4.44. The maximum Gasteiger partial charge on any atom is 0.143 e. The molecule has 0 aliphatic carbocycles. The first-order valence-electron chi connectivity index (χ1n) is 6.28. The summed E-state index contributed by atoms with van der Waals surface area (Å²) in [7, 11) is 0. The van der Waals surface area contributed by atoms with Crippen LogP contribution in [0.1, 0.15) is 22.7 Å². The molecule has 6 heteroatoms. The van der Waals surface area contributed by atoms with Gasteiger partial charge in [0.15, 0.2) is 0 Å². The summed E-state index contributed by atoms with van der Waals surface area (Å²) in [6.07, 6.45) is 0.0919. The monoisotopic (exact) mass is 374 g/mol. The molecule has 3 N–H and O–H groups in total. The van der Waals surface area contributed by atoms with Crippen LogP contribution in [0.2, 0.25) is 5.02 Å². The fourth-order valence-electron chi connectivity index (χ4n) is 2.12. The van der Waals surface area contributed by atoms with E-state index in [9.17, 15) is 8.78 Å². The maximum absolute atomic E-state index is 14.0. The molecule has 0 fully saturated rings. The highest BCUT2D eigenvalue weighted by Crippen LogP contribution is 2.27. The zero-order valence-electron chi connectivity index (χ0n) is 11.3. The van der Waals surface area contributed by atoms with E-state index < -0.39 is 17.7 Å². The molecule has 112 valence electrons. The number of benzene rings is 2.